The van der Waals surface area contributed by atoms with Crippen molar-refractivity contribution in [1.82, 2.24) is 25.3 Å². The molecule has 6 heterocycles. The van der Waals surface area contributed by atoms with Crippen LogP contribution in [-0.4, -0.2) is 114 Å². The molecule has 9 rings (SSSR count). The topological polar surface area (TPSA) is 189 Å². The van der Waals surface area contributed by atoms with E-state index in [1.807, 2.05) is 76.5 Å². The van der Waals surface area contributed by atoms with Crippen molar-refractivity contribution < 1.29 is 23.9 Å². The number of imide groups is 1. The number of rotatable bonds is 9. The van der Waals surface area contributed by atoms with Crippen LogP contribution in [0.25, 0.3) is 0 Å². The number of para-hydroxylation sites is 1. The number of carbonyl (C=O) groups excluding carboxylic acids is 4. The number of amides is 5. The third kappa shape index (κ3) is 7.23. The minimum Gasteiger partial charge on any atom is -0.457 e. The molecule has 0 aromatic heterocycles. The summed E-state index contributed by atoms with van der Waals surface area (Å²) in [5.41, 5.74) is 9.99. The number of hydrogen-bond donors (Lipinski definition) is 4. The fourth-order valence-electron chi connectivity index (χ4n) is 8.88. The van der Waals surface area contributed by atoms with E-state index in [2.05, 4.69) is 31.6 Å². The highest BCUT2D eigenvalue weighted by Crippen LogP contribution is 2.37. The highest BCUT2D eigenvalue weighted by molar-refractivity contribution is 6.15. The van der Waals surface area contributed by atoms with E-state index in [0.29, 0.717) is 66.3 Å². The zero-order chi connectivity index (χ0) is 39.2. The van der Waals surface area contributed by atoms with Crippen LogP contribution in [0.4, 0.5) is 10.5 Å². The van der Waals surface area contributed by atoms with E-state index in [9.17, 15) is 19.2 Å². The second kappa shape index (κ2) is 15.1. The number of amidine groups is 1. The van der Waals surface area contributed by atoms with Crippen molar-refractivity contribution in [2.24, 2.45) is 33.5 Å². The maximum Gasteiger partial charge on any atom is 0.320 e. The van der Waals surface area contributed by atoms with Crippen LogP contribution in [0, 0.1) is 23.2 Å². The fourth-order valence-corrected chi connectivity index (χ4v) is 8.88. The van der Waals surface area contributed by atoms with Gasteiger partial charge in [-0.2, -0.15) is 0 Å². The van der Waals surface area contributed by atoms with Gasteiger partial charge in [0, 0.05) is 81.4 Å². The number of nitrogens with one attached hydrogen (secondary N) is 3. The SMILES string of the molecule is N=C(c1ccc(Oc2ccccc2)cc1)C1C(N)=NC=NC1NC1CCN(C(=O)N2CC(C3CN(c4ccc5c(c4)CN([C@H]4CCC(=O)NC4=O)C5=O)C3)C2)CC1. The van der Waals surface area contributed by atoms with E-state index < -0.39 is 24.0 Å². The van der Waals surface area contributed by atoms with Crippen LogP contribution in [0.3, 0.4) is 0 Å². The lowest BCUT2D eigenvalue weighted by atomic mass is 9.80. The maximum atomic E-state index is 13.5. The Bertz CT molecular complexity index is 2140. The van der Waals surface area contributed by atoms with Crippen LogP contribution in [0.15, 0.2) is 82.8 Å². The molecule has 5 N–H and O–H groups in total. The number of fused-ring (bicyclic) bond motifs is 1. The summed E-state index contributed by atoms with van der Waals surface area (Å²) in [6, 6.07) is 22.4. The molecule has 0 aliphatic carbocycles. The van der Waals surface area contributed by atoms with Gasteiger partial charge in [0.25, 0.3) is 5.91 Å². The zero-order valence-corrected chi connectivity index (χ0v) is 31.5. The minimum atomic E-state index is -0.620. The van der Waals surface area contributed by atoms with E-state index in [1.165, 1.54) is 6.34 Å². The Kier molecular flexibility index (Phi) is 9.68. The highest BCUT2D eigenvalue weighted by atomic mass is 16.5. The monoisotopic (exact) mass is 770 g/mol. The molecule has 0 spiro atoms. The normalized spacial score (nSPS) is 24.1. The summed E-state index contributed by atoms with van der Waals surface area (Å²) < 4.78 is 5.92. The third-order valence-corrected chi connectivity index (χ3v) is 12.3. The van der Waals surface area contributed by atoms with Crippen molar-refractivity contribution in [2.75, 3.05) is 44.2 Å². The van der Waals surface area contributed by atoms with Gasteiger partial charge in [-0.1, -0.05) is 18.2 Å². The number of piperidine rings is 2. The number of ether oxygens (including phenoxy) is 1. The number of likely N-dealkylation sites (tertiary alicyclic amines) is 2. The van der Waals surface area contributed by atoms with Crippen molar-refractivity contribution in [2.45, 2.75) is 50.5 Å². The Balaban J connectivity index is 0.719. The Morgan fingerprint density at radius 1 is 0.877 bits per heavy atom. The number of carbonyl (C=O) groups is 4. The van der Waals surface area contributed by atoms with Crippen LogP contribution >= 0.6 is 0 Å². The lowest BCUT2D eigenvalue weighted by Crippen LogP contribution is -2.63. The summed E-state index contributed by atoms with van der Waals surface area (Å²) in [5, 5.41) is 15.0. The Hall–Kier alpha value is -6.09. The van der Waals surface area contributed by atoms with Gasteiger partial charge in [-0.25, -0.2) is 9.79 Å². The summed E-state index contributed by atoms with van der Waals surface area (Å²) >= 11 is 0. The van der Waals surface area contributed by atoms with Crippen molar-refractivity contribution in [3.05, 3.63) is 89.5 Å². The smallest absolute Gasteiger partial charge is 0.320 e. The van der Waals surface area contributed by atoms with E-state index >= 15 is 0 Å². The van der Waals surface area contributed by atoms with E-state index in [4.69, 9.17) is 15.9 Å². The predicted molar refractivity (Wildman–Crippen MR) is 214 cm³/mol. The maximum absolute atomic E-state index is 13.5. The van der Waals surface area contributed by atoms with Crippen LogP contribution in [0.5, 0.6) is 11.5 Å². The van der Waals surface area contributed by atoms with Gasteiger partial charge in [0.15, 0.2) is 0 Å². The molecule has 57 heavy (non-hydrogen) atoms. The summed E-state index contributed by atoms with van der Waals surface area (Å²) in [4.78, 5) is 67.2. The van der Waals surface area contributed by atoms with Gasteiger partial charge >= 0.3 is 6.03 Å². The van der Waals surface area contributed by atoms with Gasteiger partial charge in [0.2, 0.25) is 11.8 Å². The Morgan fingerprint density at radius 3 is 2.33 bits per heavy atom. The van der Waals surface area contributed by atoms with Crippen molar-refractivity contribution in [3.8, 4) is 11.5 Å². The molecule has 0 saturated carbocycles. The van der Waals surface area contributed by atoms with Gasteiger partial charge in [-0.05, 0) is 85.0 Å². The van der Waals surface area contributed by atoms with Crippen LogP contribution in [0.1, 0.15) is 47.2 Å². The largest absolute Gasteiger partial charge is 0.457 e. The molecule has 0 bridgehead atoms. The molecule has 4 fully saturated rings. The quantitative estimate of drug-likeness (QED) is 0.189. The molecular weight excluding hydrogens is 725 g/mol. The number of aliphatic imine (C=N–C) groups is 2. The van der Waals surface area contributed by atoms with Crippen molar-refractivity contribution in [1.29, 1.82) is 5.41 Å². The first-order valence-corrected chi connectivity index (χ1v) is 19.8. The van der Waals surface area contributed by atoms with Gasteiger partial charge in [0.05, 0.1) is 11.6 Å². The number of benzene rings is 3. The molecule has 15 nitrogen and oxygen atoms in total. The van der Waals surface area contributed by atoms with E-state index in [1.54, 1.807) is 4.90 Å². The molecule has 3 atom stereocenters. The number of hydrogen-bond acceptors (Lipinski definition) is 11. The van der Waals surface area contributed by atoms with Gasteiger partial charge in [0.1, 0.15) is 35.9 Å². The molecule has 3 aromatic rings. The predicted octanol–water partition coefficient (Wildman–Crippen LogP) is 3.19. The summed E-state index contributed by atoms with van der Waals surface area (Å²) in [5.74, 6) is 1.33. The number of nitrogens with two attached hydrogens (primary N) is 1. The average Bonchev–Trinajstić information content (AvgIpc) is 3.50. The number of urea groups is 1. The molecular formula is C42H46N10O5. The average molecular weight is 771 g/mol. The molecule has 6 aliphatic heterocycles. The molecule has 294 valence electrons. The number of nitrogens with zero attached hydrogens (tertiary/aromatic N) is 6. The Labute approximate surface area is 330 Å². The second-order valence-electron chi connectivity index (χ2n) is 15.9. The van der Waals surface area contributed by atoms with Crippen LogP contribution < -0.4 is 26.0 Å². The van der Waals surface area contributed by atoms with Crippen molar-refractivity contribution in [3.63, 3.8) is 0 Å². The summed E-state index contributed by atoms with van der Waals surface area (Å²) in [6.45, 7) is 4.96. The lowest BCUT2D eigenvalue weighted by molar-refractivity contribution is -0.136. The minimum absolute atomic E-state index is 0.0937. The fraction of sp³-hybridized carbons (Fsp3) is 0.405. The van der Waals surface area contributed by atoms with Crippen LogP contribution in [-0.2, 0) is 16.1 Å². The molecule has 2 unspecified atom stereocenters. The first-order valence-electron chi connectivity index (χ1n) is 19.8. The third-order valence-electron chi connectivity index (χ3n) is 12.3. The molecule has 6 aliphatic rings. The highest BCUT2D eigenvalue weighted by Gasteiger charge is 2.44. The first-order chi connectivity index (χ1) is 27.7. The summed E-state index contributed by atoms with van der Waals surface area (Å²) in [7, 11) is 0. The summed E-state index contributed by atoms with van der Waals surface area (Å²) in [6.07, 6.45) is 3.15. The Morgan fingerprint density at radius 2 is 1.60 bits per heavy atom. The molecule has 0 radical (unpaired) electrons. The molecule has 15 heteroatoms. The molecule has 5 amide bonds. The van der Waals surface area contributed by atoms with E-state index in [-0.39, 0.29) is 30.3 Å². The van der Waals surface area contributed by atoms with Crippen molar-refractivity contribution >= 4 is 47.3 Å². The molecule has 3 aromatic carbocycles. The molecule has 4 saturated heterocycles. The second-order valence-corrected chi connectivity index (χ2v) is 15.9. The number of anilines is 1. The zero-order valence-electron chi connectivity index (χ0n) is 31.5. The standard InChI is InChI=1S/C42H46N10O5/c43-37(25-6-9-32(10-7-25)57-31-4-2-1-3-5-31)36-38(44)45-24-46-39(36)47-29-14-16-49(17-15-29)42(56)51-21-28(22-51)27-19-50(20-27)30-8-11-33-26(18-30)23-52(41(33)55)34-12-13-35(53)48-40(34)54/h1-11,18,24,27-29,34,36,39,43,47H,12-17,19-23H2,(H2,44,45,46)(H,48,53,54)/t34-,36?,39?/m0/s1. The van der Waals surface area contributed by atoms with Gasteiger partial charge in [-0.3, -0.25) is 30.0 Å². The lowest BCUT2D eigenvalue weighted by Gasteiger charge is -2.52. The van der Waals surface area contributed by atoms with Gasteiger partial charge < -0.3 is 35.5 Å². The van der Waals surface area contributed by atoms with E-state index in [0.717, 1.165) is 56.0 Å². The van der Waals surface area contributed by atoms with Gasteiger partial charge in [-0.15, -0.1) is 0 Å². The van der Waals surface area contributed by atoms with Crippen LogP contribution in [0.2, 0.25) is 0 Å². The first kappa shape index (κ1) is 36.5.